The van der Waals surface area contributed by atoms with Gasteiger partial charge in [-0.2, -0.15) is 5.10 Å². The summed E-state index contributed by atoms with van der Waals surface area (Å²) < 4.78 is 11.1. The highest BCUT2D eigenvalue weighted by molar-refractivity contribution is 6.19. The molecule has 0 saturated carbocycles. The molecule has 5 rings (SSSR count). The van der Waals surface area contributed by atoms with Gasteiger partial charge in [-0.3, -0.25) is 19.5 Å². The minimum Gasteiger partial charge on any atom is -0.466 e. The molecule has 0 spiro atoms. The van der Waals surface area contributed by atoms with E-state index in [2.05, 4.69) is 15.5 Å². The van der Waals surface area contributed by atoms with Crippen molar-refractivity contribution in [2.75, 3.05) is 37.5 Å². The summed E-state index contributed by atoms with van der Waals surface area (Å²) in [5.41, 5.74) is 4.76. The fourth-order valence-corrected chi connectivity index (χ4v) is 5.92. The summed E-state index contributed by atoms with van der Waals surface area (Å²) in [6.07, 6.45) is 0. The summed E-state index contributed by atoms with van der Waals surface area (Å²) in [5.74, 6) is -3.97. The van der Waals surface area contributed by atoms with E-state index in [9.17, 15) is 14.4 Å². The maximum atomic E-state index is 14.6. The van der Waals surface area contributed by atoms with Crippen LogP contribution < -0.4 is 10.2 Å². The van der Waals surface area contributed by atoms with Gasteiger partial charge in [-0.25, -0.2) is 0 Å². The summed E-state index contributed by atoms with van der Waals surface area (Å²) in [7, 11) is 3.91. The first kappa shape index (κ1) is 27.2. The van der Waals surface area contributed by atoms with Gasteiger partial charge in [0.2, 0.25) is 0 Å². The van der Waals surface area contributed by atoms with Gasteiger partial charge in [-0.1, -0.05) is 42.5 Å². The molecule has 1 aromatic heterocycles. The highest BCUT2D eigenvalue weighted by Crippen LogP contribution is 2.55. The Kier molecular flexibility index (Phi) is 7.47. The van der Waals surface area contributed by atoms with Crippen molar-refractivity contribution in [3.8, 4) is 0 Å². The van der Waals surface area contributed by atoms with Gasteiger partial charge in [-0.05, 0) is 49.6 Å². The van der Waals surface area contributed by atoms with Crippen molar-refractivity contribution < 1.29 is 23.9 Å². The Labute approximate surface area is 233 Å². The maximum absolute atomic E-state index is 14.6. The monoisotopic (exact) mass is 542 g/mol. The van der Waals surface area contributed by atoms with Gasteiger partial charge < -0.3 is 19.7 Å². The van der Waals surface area contributed by atoms with E-state index in [0.29, 0.717) is 33.8 Å². The van der Waals surface area contributed by atoms with Crippen molar-refractivity contribution >= 4 is 34.8 Å². The number of aromatic nitrogens is 2. The summed E-state index contributed by atoms with van der Waals surface area (Å²) in [6.45, 7) is 5.56. The number of aromatic amines is 1. The number of ether oxygens (including phenoxy) is 2. The molecule has 1 aliphatic heterocycles. The van der Waals surface area contributed by atoms with Crippen LogP contribution in [0.2, 0.25) is 0 Å². The number of aryl methyl sites for hydroxylation is 1. The van der Waals surface area contributed by atoms with Crippen LogP contribution in [-0.4, -0.2) is 55.2 Å². The van der Waals surface area contributed by atoms with Crippen LogP contribution in [-0.2, 0) is 23.9 Å². The lowest BCUT2D eigenvalue weighted by atomic mass is 9.61. The second-order valence-corrected chi connectivity index (χ2v) is 10.2. The number of nitrogens with zero attached hydrogens (tertiary/aromatic N) is 2. The van der Waals surface area contributed by atoms with Gasteiger partial charge in [0, 0.05) is 42.5 Å². The number of nitrogens with one attached hydrogen (secondary N) is 2. The zero-order valence-electron chi connectivity index (χ0n) is 23.4. The van der Waals surface area contributed by atoms with Crippen molar-refractivity contribution in [1.29, 1.82) is 0 Å². The number of fused-ring (bicyclic) bond motifs is 2. The predicted molar refractivity (Wildman–Crippen MR) is 152 cm³/mol. The fourth-order valence-electron chi connectivity index (χ4n) is 5.92. The number of anilines is 2. The molecule has 0 radical (unpaired) electrons. The average Bonchev–Trinajstić information content (AvgIpc) is 3.33. The van der Waals surface area contributed by atoms with Crippen molar-refractivity contribution in [2.45, 2.75) is 32.7 Å². The van der Waals surface area contributed by atoms with Crippen molar-refractivity contribution in [3.05, 3.63) is 82.6 Å². The highest BCUT2D eigenvalue weighted by atomic mass is 16.5. The third kappa shape index (κ3) is 4.55. The SMILES string of the molecule is CCOC(=O)[C@@H]1C(=O)C2=C(c3c(n[nH]c3C)N[C@@H]2c2ccc(N(C)C)cc2)[C@H](C(=O)OCC)[C@@H]1c1ccccc1. The second-order valence-electron chi connectivity index (χ2n) is 10.2. The number of esters is 2. The first-order chi connectivity index (χ1) is 19.3. The van der Waals surface area contributed by atoms with Crippen LogP contribution in [0.4, 0.5) is 11.5 Å². The Morgan fingerprint density at radius 3 is 2.10 bits per heavy atom. The van der Waals surface area contributed by atoms with Crippen LogP contribution >= 0.6 is 0 Å². The lowest BCUT2D eigenvalue weighted by Crippen LogP contribution is -2.46. The molecule has 40 heavy (non-hydrogen) atoms. The van der Waals surface area contributed by atoms with E-state index in [1.165, 1.54) is 0 Å². The Morgan fingerprint density at radius 2 is 1.50 bits per heavy atom. The molecule has 0 fully saturated rings. The number of carbonyl (C=O) groups is 3. The minimum absolute atomic E-state index is 0.110. The van der Waals surface area contributed by atoms with Crippen LogP contribution in [0.5, 0.6) is 0 Å². The summed E-state index contributed by atoms with van der Waals surface area (Å²) in [4.78, 5) is 44.0. The van der Waals surface area contributed by atoms with E-state index in [4.69, 9.17) is 9.47 Å². The maximum Gasteiger partial charge on any atom is 0.317 e. The number of benzene rings is 2. The van der Waals surface area contributed by atoms with E-state index < -0.39 is 35.7 Å². The van der Waals surface area contributed by atoms with Crippen LogP contribution in [0.25, 0.3) is 5.57 Å². The van der Waals surface area contributed by atoms with Crippen molar-refractivity contribution in [1.82, 2.24) is 10.2 Å². The molecule has 2 N–H and O–H groups in total. The molecule has 1 aliphatic carbocycles. The molecule has 9 heteroatoms. The standard InChI is InChI=1S/C31H34N4O5/c1-6-39-30(37)24-22(18-11-9-8-10-12-18)26(31(38)40-7-2)28(36)25-23(24)21-17(3)33-34-29(21)32-27(25)19-13-15-20(16-14-19)35(4)5/h8-16,22,24,26-27H,6-7H2,1-5H3,(H2,32,33,34)/t22-,24+,26-,27+/m0/s1. The van der Waals surface area contributed by atoms with Gasteiger partial charge in [-0.15, -0.1) is 0 Å². The summed E-state index contributed by atoms with van der Waals surface area (Å²) >= 11 is 0. The number of hydrogen-bond donors (Lipinski definition) is 2. The smallest absolute Gasteiger partial charge is 0.317 e. The largest absolute Gasteiger partial charge is 0.466 e. The van der Waals surface area contributed by atoms with E-state index in [1.807, 2.05) is 80.5 Å². The normalized spacial score (nSPS) is 21.7. The molecule has 4 atom stereocenters. The molecule has 9 nitrogen and oxygen atoms in total. The molecular weight excluding hydrogens is 508 g/mol. The number of rotatable bonds is 7. The number of Topliss-reactive ketones (excluding diaryl/α,β-unsaturated/α-hetero) is 1. The molecule has 2 aromatic carbocycles. The van der Waals surface area contributed by atoms with Gasteiger partial charge in [0.25, 0.3) is 0 Å². The lowest BCUT2D eigenvalue weighted by Gasteiger charge is -2.42. The van der Waals surface area contributed by atoms with E-state index in [0.717, 1.165) is 11.3 Å². The van der Waals surface area contributed by atoms with Crippen molar-refractivity contribution in [3.63, 3.8) is 0 Å². The first-order valence-electron chi connectivity index (χ1n) is 13.5. The van der Waals surface area contributed by atoms with Crippen LogP contribution in [0.3, 0.4) is 0 Å². The molecule has 0 saturated heterocycles. The quantitative estimate of drug-likeness (QED) is 0.333. The van der Waals surface area contributed by atoms with E-state index in [1.54, 1.807) is 13.8 Å². The molecule has 0 unspecified atom stereocenters. The fraction of sp³-hybridized carbons (Fsp3) is 0.355. The molecule has 2 aliphatic rings. The first-order valence-corrected chi connectivity index (χ1v) is 13.5. The van der Waals surface area contributed by atoms with Crippen LogP contribution in [0.1, 0.15) is 48.2 Å². The Hall–Kier alpha value is -4.40. The third-order valence-electron chi connectivity index (χ3n) is 7.66. The zero-order valence-corrected chi connectivity index (χ0v) is 23.4. The molecule has 3 aromatic rings. The van der Waals surface area contributed by atoms with Gasteiger partial charge in [0.1, 0.15) is 5.92 Å². The average molecular weight is 543 g/mol. The topological polar surface area (TPSA) is 114 Å². The molecular formula is C31H34N4O5. The van der Waals surface area contributed by atoms with E-state index in [-0.39, 0.29) is 19.0 Å². The highest BCUT2D eigenvalue weighted by Gasteiger charge is 2.55. The second kappa shape index (κ2) is 11.0. The predicted octanol–water partition coefficient (Wildman–Crippen LogP) is 4.43. The summed E-state index contributed by atoms with van der Waals surface area (Å²) in [6, 6.07) is 16.4. The van der Waals surface area contributed by atoms with E-state index >= 15 is 0 Å². The van der Waals surface area contributed by atoms with Gasteiger partial charge >= 0.3 is 11.9 Å². The van der Waals surface area contributed by atoms with Crippen LogP contribution in [0, 0.1) is 18.8 Å². The lowest BCUT2D eigenvalue weighted by molar-refractivity contribution is -0.154. The molecule has 0 amide bonds. The third-order valence-corrected chi connectivity index (χ3v) is 7.66. The Bertz CT molecular complexity index is 1460. The van der Waals surface area contributed by atoms with Gasteiger partial charge in [0.05, 0.1) is 25.2 Å². The Morgan fingerprint density at radius 1 is 0.875 bits per heavy atom. The zero-order chi connectivity index (χ0) is 28.6. The Balaban J connectivity index is 1.81. The van der Waals surface area contributed by atoms with Gasteiger partial charge in [0.15, 0.2) is 11.6 Å². The minimum atomic E-state index is -1.23. The van der Waals surface area contributed by atoms with Crippen molar-refractivity contribution in [2.24, 2.45) is 11.8 Å². The number of ketones is 1. The molecule has 2 heterocycles. The number of carbonyl (C=O) groups excluding carboxylic acids is 3. The van der Waals surface area contributed by atoms with Crippen LogP contribution in [0.15, 0.2) is 60.2 Å². The summed E-state index contributed by atoms with van der Waals surface area (Å²) in [5, 5.41) is 10.9. The number of hydrogen-bond acceptors (Lipinski definition) is 8. The molecule has 208 valence electrons. The molecule has 0 bridgehead atoms. The number of H-pyrrole nitrogens is 1.